The second-order valence-corrected chi connectivity index (χ2v) is 6.76. The second kappa shape index (κ2) is 13.4. The first-order chi connectivity index (χ1) is 12.2. The molecule has 0 amide bonds. The molecule has 1 fully saturated rings. The van der Waals surface area contributed by atoms with Crippen LogP contribution < -0.4 is 15.4 Å². The maximum atomic E-state index is 5.87. The monoisotopic (exact) mass is 494 g/mol. The van der Waals surface area contributed by atoms with Gasteiger partial charge in [-0.1, -0.05) is 18.5 Å². The number of rotatable bonds is 8. The first-order valence-electron chi connectivity index (χ1n) is 9.36. The Labute approximate surface area is 179 Å². The van der Waals surface area contributed by atoms with E-state index < -0.39 is 0 Å². The van der Waals surface area contributed by atoms with Crippen molar-refractivity contribution in [2.45, 2.75) is 39.2 Å². The Bertz CT molecular complexity index is 519. The van der Waals surface area contributed by atoms with Crippen molar-refractivity contribution in [1.82, 2.24) is 15.5 Å². The fourth-order valence-corrected chi connectivity index (χ4v) is 3.11. The van der Waals surface area contributed by atoms with Gasteiger partial charge < -0.3 is 20.3 Å². The molecule has 1 aromatic carbocycles. The third kappa shape index (κ3) is 8.77. The van der Waals surface area contributed by atoms with Gasteiger partial charge in [-0.25, -0.2) is 4.99 Å². The molecule has 0 unspecified atom stereocenters. The van der Waals surface area contributed by atoms with E-state index in [1.165, 1.54) is 38.9 Å². The lowest BCUT2D eigenvalue weighted by molar-refractivity contribution is 0.206. The van der Waals surface area contributed by atoms with Crippen LogP contribution in [-0.2, 0) is 0 Å². The van der Waals surface area contributed by atoms with E-state index in [0.717, 1.165) is 18.3 Å². The van der Waals surface area contributed by atoms with Gasteiger partial charge in [-0.05, 0) is 57.0 Å². The van der Waals surface area contributed by atoms with Crippen LogP contribution in [0.2, 0.25) is 5.02 Å². The molecule has 2 rings (SSSR count). The Morgan fingerprint density at radius 3 is 2.54 bits per heavy atom. The van der Waals surface area contributed by atoms with Gasteiger partial charge in [0.05, 0.1) is 6.54 Å². The van der Waals surface area contributed by atoms with Crippen LogP contribution >= 0.6 is 35.6 Å². The highest BCUT2D eigenvalue weighted by atomic mass is 127. The van der Waals surface area contributed by atoms with E-state index >= 15 is 0 Å². The molecule has 2 N–H and O–H groups in total. The molecule has 7 heteroatoms. The minimum Gasteiger partial charge on any atom is -0.492 e. The molecule has 5 nitrogen and oxygen atoms in total. The minimum atomic E-state index is 0. The van der Waals surface area contributed by atoms with Crippen molar-refractivity contribution in [1.29, 1.82) is 0 Å². The number of hydrogen-bond donors (Lipinski definition) is 2. The van der Waals surface area contributed by atoms with E-state index in [4.69, 9.17) is 16.3 Å². The number of aliphatic imine (C=N–C) groups is 1. The van der Waals surface area contributed by atoms with Crippen LogP contribution in [0.4, 0.5) is 0 Å². The fraction of sp³-hybridized carbons (Fsp3) is 0.632. The zero-order valence-corrected chi connectivity index (χ0v) is 18.9. The first-order valence-corrected chi connectivity index (χ1v) is 9.74. The standard InChI is InChI=1S/C19H31ClN4O.HI/c1-3-12-24-13-9-17(10-14-24)23-19(21-4-2)22-11-15-25-18-7-5-16(20)6-8-18;/h5-8,17H,3-4,9-15H2,1-2H3,(H2,21,22,23);1H. The molecular formula is C19H32ClIN4O. The zero-order chi connectivity index (χ0) is 17.9. The topological polar surface area (TPSA) is 48.9 Å². The molecule has 1 aliphatic heterocycles. The summed E-state index contributed by atoms with van der Waals surface area (Å²) in [5, 5.41) is 7.61. The van der Waals surface area contributed by atoms with Gasteiger partial charge in [-0.3, -0.25) is 0 Å². The van der Waals surface area contributed by atoms with Gasteiger partial charge in [0, 0.05) is 30.7 Å². The molecule has 1 saturated heterocycles. The molecule has 26 heavy (non-hydrogen) atoms. The van der Waals surface area contributed by atoms with E-state index in [1.807, 2.05) is 24.3 Å². The lowest BCUT2D eigenvalue weighted by atomic mass is 10.1. The molecule has 0 aliphatic carbocycles. The molecule has 1 heterocycles. The quantitative estimate of drug-likeness (QED) is 0.250. The number of likely N-dealkylation sites (tertiary alicyclic amines) is 1. The van der Waals surface area contributed by atoms with Gasteiger partial charge in [-0.15, -0.1) is 24.0 Å². The molecule has 1 aromatic rings. The molecule has 0 saturated carbocycles. The van der Waals surface area contributed by atoms with Crippen molar-refractivity contribution in [2.75, 3.05) is 39.3 Å². The van der Waals surface area contributed by atoms with E-state index in [2.05, 4.69) is 34.4 Å². The summed E-state index contributed by atoms with van der Waals surface area (Å²) < 4.78 is 5.69. The first kappa shape index (κ1) is 23.3. The van der Waals surface area contributed by atoms with Crippen molar-refractivity contribution in [3.63, 3.8) is 0 Å². The summed E-state index contributed by atoms with van der Waals surface area (Å²) in [5.74, 6) is 1.71. The van der Waals surface area contributed by atoms with Gasteiger partial charge >= 0.3 is 0 Å². The average Bonchev–Trinajstić information content (AvgIpc) is 2.62. The molecule has 0 aromatic heterocycles. The molecule has 0 bridgehead atoms. The number of benzene rings is 1. The zero-order valence-electron chi connectivity index (χ0n) is 15.8. The van der Waals surface area contributed by atoms with E-state index in [0.29, 0.717) is 24.2 Å². The third-order valence-corrected chi connectivity index (χ3v) is 4.51. The lowest BCUT2D eigenvalue weighted by Gasteiger charge is -2.32. The largest absolute Gasteiger partial charge is 0.492 e. The average molecular weight is 495 g/mol. The summed E-state index contributed by atoms with van der Waals surface area (Å²) in [6.45, 7) is 9.91. The second-order valence-electron chi connectivity index (χ2n) is 6.32. The Morgan fingerprint density at radius 2 is 1.92 bits per heavy atom. The molecule has 0 atom stereocenters. The van der Waals surface area contributed by atoms with Crippen molar-refractivity contribution in [3.8, 4) is 5.75 Å². The van der Waals surface area contributed by atoms with E-state index in [-0.39, 0.29) is 24.0 Å². The molecule has 148 valence electrons. The summed E-state index contributed by atoms with van der Waals surface area (Å²) in [6.07, 6.45) is 3.58. The summed E-state index contributed by atoms with van der Waals surface area (Å²) in [5.41, 5.74) is 0. The van der Waals surface area contributed by atoms with Crippen molar-refractivity contribution < 1.29 is 4.74 Å². The van der Waals surface area contributed by atoms with Crippen LogP contribution in [0.1, 0.15) is 33.1 Å². The highest BCUT2D eigenvalue weighted by Gasteiger charge is 2.19. The number of nitrogens with zero attached hydrogens (tertiary/aromatic N) is 2. The Morgan fingerprint density at radius 1 is 1.23 bits per heavy atom. The number of piperidine rings is 1. The molecule has 0 spiro atoms. The third-order valence-electron chi connectivity index (χ3n) is 4.26. The van der Waals surface area contributed by atoms with Gasteiger partial charge in [-0.2, -0.15) is 0 Å². The number of guanidine groups is 1. The van der Waals surface area contributed by atoms with Crippen LogP contribution in [0.15, 0.2) is 29.3 Å². The molecular weight excluding hydrogens is 463 g/mol. The smallest absolute Gasteiger partial charge is 0.191 e. The summed E-state index contributed by atoms with van der Waals surface area (Å²) in [6, 6.07) is 7.91. The number of ether oxygens (including phenoxy) is 1. The lowest BCUT2D eigenvalue weighted by Crippen LogP contribution is -2.48. The van der Waals surface area contributed by atoms with E-state index in [9.17, 15) is 0 Å². The van der Waals surface area contributed by atoms with Crippen molar-refractivity contribution >= 4 is 41.5 Å². The predicted octanol–water partition coefficient (Wildman–Crippen LogP) is 3.77. The summed E-state index contributed by atoms with van der Waals surface area (Å²) >= 11 is 5.87. The maximum Gasteiger partial charge on any atom is 0.191 e. The van der Waals surface area contributed by atoms with E-state index in [1.54, 1.807) is 0 Å². The highest BCUT2D eigenvalue weighted by Crippen LogP contribution is 2.15. The number of hydrogen-bond acceptors (Lipinski definition) is 3. The van der Waals surface area contributed by atoms with Crippen molar-refractivity contribution in [2.24, 2.45) is 4.99 Å². The SMILES string of the molecule is CCCN1CCC(NC(=NCCOc2ccc(Cl)cc2)NCC)CC1.I. The van der Waals surface area contributed by atoms with Crippen LogP contribution in [-0.4, -0.2) is 56.2 Å². The van der Waals surface area contributed by atoms with Gasteiger partial charge in [0.2, 0.25) is 0 Å². The van der Waals surface area contributed by atoms with Gasteiger partial charge in [0.25, 0.3) is 0 Å². The highest BCUT2D eigenvalue weighted by molar-refractivity contribution is 14.0. The number of nitrogens with one attached hydrogen (secondary N) is 2. The van der Waals surface area contributed by atoms with Crippen LogP contribution in [0.5, 0.6) is 5.75 Å². The normalized spacial score (nSPS) is 16.0. The fourth-order valence-electron chi connectivity index (χ4n) is 2.98. The Hall–Kier alpha value is -0.730. The predicted molar refractivity (Wildman–Crippen MR) is 121 cm³/mol. The minimum absolute atomic E-state index is 0. The van der Waals surface area contributed by atoms with Gasteiger partial charge in [0.15, 0.2) is 5.96 Å². The van der Waals surface area contributed by atoms with Crippen LogP contribution in [0.25, 0.3) is 0 Å². The van der Waals surface area contributed by atoms with Crippen LogP contribution in [0.3, 0.4) is 0 Å². The molecule has 1 aliphatic rings. The number of halogens is 2. The summed E-state index contributed by atoms with van der Waals surface area (Å²) in [4.78, 5) is 7.17. The molecule has 0 radical (unpaired) electrons. The Kier molecular flexibility index (Phi) is 12.0. The van der Waals surface area contributed by atoms with Gasteiger partial charge in [0.1, 0.15) is 12.4 Å². The summed E-state index contributed by atoms with van der Waals surface area (Å²) in [7, 11) is 0. The van der Waals surface area contributed by atoms with Crippen LogP contribution in [0, 0.1) is 0 Å². The Balaban J connectivity index is 0.00000338. The maximum absolute atomic E-state index is 5.87. The van der Waals surface area contributed by atoms with Crippen molar-refractivity contribution in [3.05, 3.63) is 29.3 Å².